The SMILES string of the molecule is Cn1nc(S(C)(=N)=O)cc1C(=O)O. The Kier molecular flexibility index (Phi) is 2.12. The van der Waals surface area contributed by atoms with E-state index in [1.165, 1.54) is 13.3 Å². The molecule has 0 aromatic carbocycles. The second-order valence-corrected chi connectivity index (χ2v) is 4.75. The molecule has 1 heterocycles. The first-order valence-corrected chi connectivity index (χ1v) is 5.30. The van der Waals surface area contributed by atoms with Crippen molar-refractivity contribution in [3.05, 3.63) is 11.8 Å². The van der Waals surface area contributed by atoms with Gasteiger partial charge in [-0.1, -0.05) is 0 Å². The summed E-state index contributed by atoms with van der Waals surface area (Å²) in [4.78, 5) is 10.5. The van der Waals surface area contributed by atoms with Crippen LogP contribution in [-0.4, -0.2) is 31.3 Å². The van der Waals surface area contributed by atoms with Crippen LogP contribution in [0.1, 0.15) is 10.5 Å². The molecule has 0 saturated heterocycles. The molecule has 0 fully saturated rings. The Morgan fingerprint density at radius 2 is 2.31 bits per heavy atom. The highest BCUT2D eigenvalue weighted by Gasteiger charge is 2.15. The summed E-state index contributed by atoms with van der Waals surface area (Å²) < 4.78 is 19.4. The third-order valence-electron chi connectivity index (χ3n) is 1.48. The summed E-state index contributed by atoms with van der Waals surface area (Å²) in [7, 11) is -1.50. The predicted octanol–water partition coefficient (Wildman–Crippen LogP) is 0.154. The van der Waals surface area contributed by atoms with E-state index in [0.29, 0.717) is 0 Å². The van der Waals surface area contributed by atoms with Gasteiger partial charge in [0.15, 0.2) is 5.03 Å². The molecule has 1 aromatic heterocycles. The Morgan fingerprint density at radius 3 is 2.54 bits per heavy atom. The summed E-state index contributed by atoms with van der Waals surface area (Å²) in [5.74, 6) is -1.15. The smallest absolute Gasteiger partial charge is 0.354 e. The van der Waals surface area contributed by atoms with Crippen LogP contribution in [0.2, 0.25) is 0 Å². The van der Waals surface area contributed by atoms with Gasteiger partial charge in [-0.25, -0.2) is 13.8 Å². The van der Waals surface area contributed by atoms with Crippen molar-refractivity contribution in [3.63, 3.8) is 0 Å². The molecule has 0 spiro atoms. The van der Waals surface area contributed by atoms with E-state index in [9.17, 15) is 9.00 Å². The van der Waals surface area contributed by atoms with Gasteiger partial charge in [0, 0.05) is 19.4 Å². The first-order chi connectivity index (χ1) is 5.82. The van der Waals surface area contributed by atoms with Crippen LogP contribution >= 0.6 is 0 Å². The third kappa shape index (κ3) is 1.86. The molecule has 1 unspecified atom stereocenters. The molecule has 0 amide bonds. The van der Waals surface area contributed by atoms with Crippen LogP contribution in [0.25, 0.3) is 0 Å². The fourth-order valence-corrected chi connectivity index (χ4v) is 1.45. The van der Waals surface area contributed by atoms with E-state index in [-0.39, 0.29) is 10.7 Å². The number of carboxylic acids is 1. The number of carboxylic acid groups (broad SMARTS) is 1. The molecule has 1 rings (SSSR count). The topological polar surface area (TPSA) is 96.0 Å². The lowest BCUT2D eigenvalue weighted by molar-refractivity contribution is 0.0685. The van der Waals surface area contributed by atoms with Gasteiger partial charge >= 0.3 is 5.97 Å². The molecular weight excluding hydrogens is 194 g/mol. The Hall–Kier alpha value is -1.37. The van der Waals surface area contributed by atoms with Crippen molar-refractivity contribution in [2.24, 2.45) is 7.05 Å². The van der Waals surface area contributed by atoms with Crippen molar-refractivity contribution in [3.8, 4) is 0 Å². The summed E-state index contributed by atoms with van der Waals surface area (Å²) >= 11 is 0. The summed E-state index contributed by atoms with van der Waals surface area (Å²) in [6.07, 6.45) is 1.20. The van der Waals surface area contributed by atoms with E-state index in [1.54, 1.807) is 0 Å². The first-order valence-electron chi connectivity index (χ1n) is 3.33. The van der Waals surface area contributed by atoms with Gasteiger partial charge in [-0.05, 0) is 0 Å². The quantitative estimate of drug-likeness (QED) is 0.715. The Morgan fingerprint density at radius 1 is 1.77 bits per heavy atom. The number of hydrogen-bond donors (Lipinski definition) is 2. The van der Waals surface area contributed by atoms with Crippen LogP contribution in [0.15, 0.2) is 11.1 Å². The second kappa shape index (κ2) is 2.84. The summed E-state index contributed by atoms with van der Waals surface area (Å²) in [5, 5.41) is 12.3. The minimum Gasteiger partial charge on any atom is -0.477 e. The minimum atomic E-state index is -2.93. The van der Waals surface area contributed by atoms with E-state index in [1.807, 2.05) is 0 Å². The maximum Gasteiger partial charge on any atom is 0.354 e. The average Bonchev–Trinajstić information content (AvgIpc) is 2.29. The molecule has 2 N–H and O–H groups in total. The molecular formula is C6H9N3O3S. The Labute approximate surface area is 75.2 Å². The molecule has 0 aliphatic rings. The van der Waals surface area contributed by atoms with Gasteiger partial charge in [0.1, 0.15) is 5.69 Å². The van der Waals surface area contributed by atoms with Crippen molar-refractivity contribution in [2.45, 2.75) is 5.03 Å². The zero-order valence-corrected chi connectivity index (χ0v) is 7.96. The summed E-state index contributed by atoms with van der Waals surface area (Å²) in [6, 6.07) is 1.15. The number of aryl methyl sites for hydroxylation is 1. The molecule has 13 heavy (non-hydrogen) atoms. The number of carbonyl (C=O) groups is 1. The molecule has 0 radical (unpaired) electrons. The van der Waals surface area contributed by atoms with Crippen molar-refractivity contribution >= 4 is 15.7 Å². The maximum atomic E-state index is 11.2. The highest BCUT2D eigenvalue weighted by atomic mass is 32.2. The predicted molar refractivity (Wildman–Crippen MR) is 45.2 cm³/mol. The largest absolute Gasteiger partial charge is 0.477 e. The molecule has 7 heteroatoms. The highest BCUT2D eigenvalue weighted by molar-refractivity contribution is 7.91. The van der Waals surface area contributed by atoms with Gasteiger partial charge in [0.05, 0.1) is 9.73 Å². The van der Waals surface area contributed by atoms with E-state index in [2.05, 4.69) is 5.10 Å². The monoisotopic (exact) mass is 203 g/mol. The van der Waals surface area contributed by atoms with Crippen molar-refractivity contribution in [1.29, 1.82) is 4.78 Å². The van der Waals surface area contributed by atoms with Gasteiger partial charge in [0.2, 0.25) is 0 Å². The lowest BCUT2D eigenvalue weighted by Crippen LogP contribution is -2.05. The number of rotatable bonds is 2. The third-order valence-corrected chi connectivity index (χ3v) is 2.47. The molecule has 72 valence electrons. The van der Waals surface area contributed by atoms with Crippen molar-refractivity contribution < 1.29 is 14.1 Å². The number of aromatic nitrogens is 2. The normalized spacial score (nSPS) is 15.2. The lowest BCUT2D eigenvalue weighted by Gasteiger charge is -1.92. The van der Waals surface area contributed by atoms with Gasteiger partial charge in [-0.15, -0.1) is 0 Å². The molecule has 0 aliphatic heterocycles. The number of aromatic carboxylic acids is 1. The fourth-order valence-electron chi connectivity index (χ4n) is 0.831. The maximum absolute atomic E-state index is 11.2. The van der Waals surface area contributed by atoms with E-state index in [0.717, 1.165) is 10.7 Å². The lowest BCUT2D eigenvalue weighted by atomic mass is 10.4. The van der Waals surface area contributed by atoms with Crippen LogP contribution in [0.5, 0.6) is 0 Å². The molecule has 1 atom stereocenters. The summed E-state index contributed by atoms with van der Waals surface area (Å²) in [5.41, 5.74) is -0.0724. The molecule has 0 bridgehead atoms. The molecule has 0 saturated carbocycles. The van der Waals surface area contributed by atoms with Crippen LogP contribution < -0.4 is 0 Å². The second-order valence-electron chi connectivity index (χ2n) is 2.64. The molecule has 0 aliphatic carbocycles. The number of nitrogens with one attached hydrogen (secondary N) is 1. The number of nitrogens with zero attached hydrogens (tertiary/aromatic N) is 2. The van der Waals surface area contributed by atoms with E-state index in [4.69, 9.17) is 9.89 Å². The van der Waals surface area contributed by atoms with Crippen LogP contribution in [-0.2, 0) is 16.8 Å². The van der Waals surface area contributed by atoms with Crippen molar-refractivity contribution in [2.75, 3.05) is 6.26 Å². The Bertz CT molecular complexity index is 446. The fraction of sp³-hybridized carbons (Fsp3) is 0.333. The van der Waals surface area contributed by atoms with E-state index < -0.39 is 15.7 Å². The molecule has 6 nitrogen and oxygen atoms in total. The van der Waals surface area contributed by atoms with Crippen LogP contribution in [0.4, 0.5) is 0 Å². The zero-order chi connectivity index (χ0) is 10.2. The highest BCUT2D eigenvalue weighted by Crippen LogP contribution is 2.09. The standard InChI is InChI=1S/C6H9N3O3S/c1-9-4(6(10)11)3-5(8-9)13(2,7)12/h3,7H,1-2H3,(H,10,11). The van der Waals surface area contributed by atoms with Crippen LogP contribution in [0.3, 0.4) is 0 Å². The zero-order valence-electron chi connectivity index (χ0n) is 7.14. The van der Waals surface area contributed by atoms with Gasteiger partial charge in [-0.3, -0.25) is 4.68 Å². The van der Waals surface area contributed by atoms with E-state index >= 15 is 0 Å². The first kappa shape index (κ1) is 9.72. The Balaban J connectivity index is 3.33. The number of hydrogen-bond acceptors (Lipinski definition) is 4. The summed E-state index contributed by atoms with van der Waals surface area (Å²) in [6.45, 7) is 0. The molecule has 1 aromatic rings. The van der Waals surface area contributed by atoms with Gasteiger partial charge in [-0.2, -0.15) is 5.10 Å². The van der Waals surface area contributed by atoms with Crippen molar-refractivity contribution in [1.82, 2.24) is 9.78 Å². The van der Waals surface area contributed by atoms with Gasteiger partial charge in [0.25, 0.3) is 0 Å². The van der Waals surface area contributed by atoms with Crippen LogP contribution in [0, 0.1) is 4.78 Å². The minimum absolute atomic E-state index is 0.00704. The average molecular weight is 203 g/mol. The van der Waals surface area contributed by atoms with Gasteiger partial charge < -0.3 is 5.11 Å².